The van der Waals surface area contributed by atoms with Crippen molar-refractivity contribution in [2.75, 3.05) is 0 Å². The number of rotatable bonds is 8. The van der Waals surface area contributed by atoms with Crippen LogP contribution in [0.15, 0.2) is 66.7 Å². The van der Waals surface area contributed by atoms with E-state index in [0.29, 0.717) is 17.7 Å². The zero-order valence-electron chi connectivity index (χ0n) is 20.5. The molecule has 0 saturated carbocycles. The Balaban J connectivity index is 1.59. The zero-order chi connectivity index (χ0) is 27.6. The van der Waals surface area contributed by atoms with Crippen LogP contribution in [-0.4, -0.2) is 0 Å². The highest BCUT2D eigenvalue weighted by Crippen LogP contribution is 2.39. The Morgan fingerprint density at radius 2 is 1.16 bits per heavy atom. The molecule has 0 bridgehead atoms. The highest BCUT2D eigenvalue weighted by Gasteiger charge is 2.42. The van der Waals surface area contributed by atoms with Crippen LogP contribution in [0.1, 0.15) is 36.5 Å². The highest BCUT2D eigenvalue weighted by atomic mass is 19.3. The number of unbranched alkanes of at least 4 members (excludes halogenated alkanes) is 1. The summed E-state index contributed by atoms with van der Waals surface area (Å²) >= 11 is 0. The maximum atomic E-state index is 14.8. The molecular weight excluding hydrogens is 509 g/mol. The van der Waals surface area contributed by atoms with E-state index in [2.05, 4.69) is 11.7 Å². The maximum Gasteiger partial charge on any atom is 0.432 e. The van der Waals surface area contributed by atoms with Crippen LogP contribution in [-0.2, 0) is 12.5 Å². The van der Waals surface area contributed by atoms with E-state index in [-0.39, 0.29) is 11.6 Å². The molecule has 0 aliphatic carbocycles. The van der Waals surface area contributed by atoms with E-state index in [1.807, 2.05) is 24.3 Å². The van der Waals surface area contributed by atoms with Gasteiger partial charge in [0.15, 0.2) is 17.5 Å². The van der Waals surface area contributed by atoms with Crippen LogP contribution in [0.2, 0.25) is 0 Å². The Hall–Kier alpha value is -3.81. The van der Waals surface area contributed by atoms with E-state index >= 15 is 0 Å². The summed E-state index contributed by atoms with van der Waals surface area (Å²) < 4.78 is 104. The molecule has 0 heterocycles. The molecule has 0 atom stereocenters. The first-order valence-electron chi connectivity index (χ1n) is 11.9. The van der Waals surface area contributed by atoms with Crippen molar-refractivity contribution < 1.29 is 35.5 Å². The lowest BCUT2D eigenvalue weighted by Crippen LogP contribution is -2.26. The van der Waals surface area contributed by atoms with Crippen LogP contribution in [0.4, 0.5) is 30.7 Å². The highest BCUT2D eigenvalue weighted by molar-refractivity contribution is 5.71. The molecule has 8 heteroatoms. The number of halogens is 7. The van der Waals surface area contributed by atoms with Gasteiger partial charge in [-0.15, -0.1) is 0 Å². The van der Waals surface area contributed by atoms with Crippen LogP contribution in [0.3, 0.4) is 0 Å². The standard InChI is InChI=1S/C30H23F7O/c1-3-4-5-18-6-8-19(9-7-18)20-10-12-21(13-11-20)22-14-23(31)27(24(32)15-22)30(36,37)38-26-16-25(33)29(35)28(34)17(26)2/h6-16H,3-5H2,1-2H3. The van der Waals surface area contributed by atoms with Gasteiger partial charge in [-0.3, -0.25) is 0 Å². The summed E-state index contributed by atoms with van der Waals surface area (Å²) in [6.45, 7) is 2.99. The fourth-order valence-electron chi connectivity index (χ4n) is 4.08. The van der Waals surface area contributed by atoms with Crippen molar-refractivity contribution in [3.63, 3.8) is 0 Å². The molecule has 0 fully saturated rings. The second kappa shape index (κ2) is 10.9. The van der Waals surface area contributed by atoms with Gasteiger partial charge >= 0.3 is 6.11 Å². The molecule has 4 aromatic carbocycles. The fraction of sp³-hybridized carbons (Fsp3) is 0.200. The first-order chi connectivity index (χ1) is 18.0. The van der Waals surface area contributed by atoms with E-state index in [0.717, 1.165) is 37.3 Å². The van der Waals surface area contributed by atoms with Crippen molar-refractivity contribution in [3.05, 3.63) is 113 Å². The quantitative estimate of drug-likeness (QED) is 0.162. The van der Waals surface area contributed by atoms with Gasteiger partial charge in [-0.05, 0) is 59.7 Å². The first kappa shape index (κ1) is 27.2. The fourth-order valence-corrected chi connectivity index (χ4v) is 4.08. The number of ether oxygens (including phenoxy) is 1. The van der Waals surface area contributed by atoms with Crippen LogP contribution in [0, 0.1) is 36.0 Å². The Morgan fingerprint density at radius 3 is 1.68 bits per heavy atom. The van der Waals surface area contributed by atoms with Crippen molar-refractivity contribution in [1.82, 2.24) is 0 Å². The van der Waals surface area contributed by atoms with E-state index in [1.54, 1.807) is 24.3 Å². The van der Waals surface area contributed by atoms with Gasteiger partial charge < -0.3 is 4.74 Å². The van der Waals surface area contributed by atoms with Crippen molar-refractivity contribution >= 4 is 0 Å². The monoisotopic (exact) mass is 532 g/mol. The molecule has 0 unspecified atom stereocenters. The van der Waals surface area contributed by atoms with Crippen LogP contribution in [0.25, 0.3) is 22.3 Å². The minimum atomic E-state index is -4.65. The summed E-state index contributed by atoms with van der Waals surface area (Å²) in [6.07, 6.45) is -1.46. The molecule has 0 aliphatic heterocycles. The van der Waals surface area contributed by atoms with Gasteiger partial charge in [0, 0.05) is 11.6 Å². The molecule has 0 radical (unpaired) electrons. The van der Waals surface area contributed by atoms with Crippen molar-refractivity contribution in [2.24, 2.45) is 0 Å². The molecule has 0 N–H and O–H groups in total. The van der Waals surface area contributed by atoms with E-state index in [9.17, 15) is 30.7 Å². The van der Waals surface area contributed by atoms with E-state index in [4.69, 9.17) is 0 Å². The predicted molar refractivity (Wildman–Crippen MR) is 131 cm³/mol. The average Bonchev–Trinajstić information content (AvgIpc) is 2.89. The molecule has 0 aromatic heterocycles. The van der Waals surface area contributed by atoms with E-state index < -0.39 is 52.1 Å². The minimum Gasteiger partial charge on any atom is -0.428 e. The molecular formula is C30H23F7O. The normalized spacial score (nSPS) is 11.6. The lowest BCUT2D eigenvalue weighted by atomic mass is 9.98. The third-order valence-electron chi connectivity index (χ3n) is 6.25. The minimum absolute atomic E-state index is 0.00364. The van der Waals surface area contributed by atoms with Gasteiger partial charge in [-0.1, -0.05) is 61.9 Å². The van der Waals surface area contributed by atoms with Gasteiger partial charge in [0.25, 0.3) is 0 Å². The summed E-state index contributed by atoms with van der Waals surface area (Å²) in [6, 6.07) is 16.4. The van der Waals surface area contributed by atoms with Crippen LogP contribution in [0.5, 0.6) is 5.75 Å². The molecule has 0 amide bonds. The summed E-state index contributed by atoms with van der Waals surface area (Å²) in [5.74, 6) is -9.76. The Bertz CT molecular complexity index is 1420. The van der Waals surface area contributed by atoms with Crippen LogP contribution < -0.4 is 4.74 Å². The summed E-state index contributed by atoms with van der Waals surface area (Å²) in [5, 5.41) is 0. The summed E-state index contributed by atoms with van der Waals surface area (Å²) in [7, 11) is 0. The molecule has 38 heavy (non-hydrogen) atoms. The molecule has 0 saturated heterocycles. The largest absolute Gasteiger partial charge is 0.432 e. The first-order valence-corrected chi connectivity index (χ1v) is 11.9. The Kier molecular flexibility index (Phi) is 7.81. The van der Waals surface area contributed by atoms with E-state index in [1.165, 1.54) is 5.56 Å². The predicted octanol–water partition coefficient (Wildman–Crippen LogP) is 9.50. The topological polar surface area (TPSA) is 9.23 Å². The lowest BCUT2D eigenvalue weighted by Gasteiger charge is -2.21. The van der Waals surface area contributed by atoms with Crippen molar-refractivity contribution in [2.45, 2.75) is 39.2 Å². The SMILES string of the molecule is CCCCc1ccc(-c2ccc(-c3cc(F)c(C(F)(F)Oc4cc(F)c(F)c(F)c4C)c(F)c3)cc2)cc1. The number of hydrogen-bond donors (Lipinski definition) is 0. The van der Waals surface area contributed by atoms with Crippen molar-refractivity contribution in [3.8, 4) is 28.0 Å². The molecule has 4 rings (SSSR count). The third-order valence-corrected chi connectivity index (χ3v) is 6.25. The third kappa shape index (κ3) is 5.54. The number of aryl methyl sites for hydroxylation is 1. The zero-order valence-corrected chi connectivity index (χ0v) is 20.5. The summed E-state index contributed by atoms with van der Waals surface area (Å²) in [4.78, 5) is 0. The number of benzene rings is 4. The second-order valence-electron chi connectivity index (χ2n) is 8.92. The number of alkyl halides is 2. The average molecular weight is 532 g/mol. The van der Waals surface area contributed by atoms with Crippen LogP contribution >= 0.6 is 0 Å². The number of hydrogen-bond acceptors (Lipinski definition) is 1. The van der Waals surface area contributed by atoms with Gasteiger partial charge in [0.2, 0.25) is 0 Å². The lowest BCUT2D eigenvalue weighted by molar-refractivity contribution is -0.190. The second-order valence-corrected chi connectivity index (χ2v) is 8.92. The van der Waals surface area contributed by atoms with Crippen molar-refractivity contribution in [1.29, 1.82) is 0 Å². The van der Waals surface area contributed by atoms with Gasteiger partial charge in [0.05, 0.1) is 0 Å². The molecule has 4 aromatic rings. The van der Waals surface area contributed by atoms with Gasteiger partial charge in [0.1, 0.15) is 22.9 Å². The Morgan fingerprint density at radius 1 is 0.658 bits per heavy atom. The molecule has 1 nitrogen and oxygen atoms in total. The van der Waals surface area contributed by atoms with Gasteiger partial charge in [-0.25, -0.2) is 22.0 Å². The Labute approximate surface area is 215 Å². The molecule has 0 spiro atoms. The summed E-state index contributed by atoms with van der Waals surface area (Å²) in [5.41, 5.74) is 0.885. The smallest absolute Gasteiger partial charge is 0.428 e. The molecule has 0 aliphatic rings. The van der Waals surface area contributed by atoms with Gasteiger partial charge in [-0.2, -0.15) is 8.78 Å². The molecule has 198 valence electrons. The maximum absolute atomic E-state index is 14.8.